The minimum absolute atomic E-state index is 0.133. The highest BCUT2D eigenvalue weighted by atomic mass is 16.2. The molecule has 0 aromatic carbocycles. The molecule has 4 heterocycles. The molecule has 0 saturated carbocycles. The Hall–Kier alpha value is -2.27. The number of hydrogen-bond donors (Lipinski definition) is 0. The Labute approximate surface area is 142 Å². The molecule has 0 radical (unpaired) electrons. The van der Waals surface area contributed by atoms with Crippen molar-refractivity contribution in [1.29, 1.82) is 0 Å². The summed E-state index contributed by atoms with van der Waals surface area (Å²) in [5.74, 6) is 0.776. The minimum Gasteiger partial charge on any atom is -0.339 e. The fourth-order valence-electron chi connectivity index (χ4n) is 3.77. The zero-order valence-electron chi connectivity index (χ0n) is 13.7. The monoisotopic (exact) mass is 322 g/mol. The number of carbonyl (C=O) groups excluding carboxylic acids is 1. The van der Waals surface area contributed by atoms with Crippen LogP contribution in [0.5, 0.6) is 0 Å². The molecular weight excluding hydrogens is 300 g/mol. The van der Waals surface area contributed by atoms with Crippen molar-refractivity contribution < 1.29 is 4.79 Å². The highest BCUT2D eigenvalue weighted by Crippen LogP contribution is 2.31. The molecule has 24 heavy (non-hydrogen) atoms. The molecule has 5 heteroatoms. The van der Waals surface area contributed by atoms with E-state index in [-0.39, 0.29) is 5.91 Å². The van der Waals surface area contributed by atoms with Gasteiger partial charge in [-0.15, -0.1) is 0 Å². The second-order valence-corrected chi connectivity index (χ2v) is 6.69. The van der Waals surface area contributed by atoms with Crippen molar-refractivity contribution in [3.05, 3.63) is 60.2 Å². The summed E-state index contributed by atoms with van der Waals surface area (Å²) in [6.45, 7) is 3.96. The molecule has 0 spiro atoms. The maximum absolute atomic E-state index is 12.5. The van der Waals surface area contributed by atoms with Gasteiger partial charge in [-0.25, -0.2) is 0 Å². The van der Waals surface area contributed by atoms with Crippen molar-refractivity contribution in [3.63, 3.8) is 0 Å². The van der Waals surface area contributed by atoms with Gasteiger partial charge in [0.05, 0.1) is 0 Å². The molecule has 5 nitrogen and oxygen atoms in total. The van der Waals surface area contributed by atoms with Crippen LogP contribution in [0.3, 0.4) is 0 Å². The molecule has 0 bridgehead atoms. The standard InChI is InChI=1S/C19H22N4O/c24-19(16-3-9-21-10-4-16)22-11-5-18(6-12-22)23-13-17(14-23)15-1-7-20-8-2-15/h1-4,7-10,17-18H,5-6,11-14H2. The van der Waals surface area contributed by atoms with Gasteiger partial charge in [0.25, 0.3) is 5.91 Å². The van der Waals surface area contributed by atoms with Crippen molar-refractivity contribution in [2.24, 2.45) is 0 Å². The molecule has 124 valence electrons. The Morgan fingerprint density at radius 3 is 2.12 bits per heavy atom. The summed E-state index contributed by atoms with van der Waals surface area (Å²) in [5.41, 5.74) is 2.14. The SMILES string of the molecule is O=C(c1ccncc1)N1CCC(N2CC(c3ccncc3)C2)CC1. The van der Waals surface area contributed by atoms with E-state index in [1.54, 1.807) is 24.5 Å². The molecule has 0 atom stereocenters. The van der Waals surface area contributed by atoms with Crippen LogP contribution in [0.15, 0.2) is 49.1 Å². The Morgan fingerprint density at radius 1 is 0.917 bits per heavy atom. The van der Waals surface area contributed by atoms with Crippen LogP contribution < -0.4 is 0 Å². The maximum atomic E-state index is 12.5. The van der Waals surface area contributed by atoms with Crippen LogP contribution in [0.1, 0.15) is 34.7 Å². The molecule has 0 aliphatic carbocycles. The Bertz CT molecular complexity index is 677. The van der Waals surface area contributed by atoms with E-state index >= 15 is 0 Å². The van der Waals surface area contributed by atoms with Crippen LogP contribution in [0.4, 0.5) is 0 Å². The molecule has 1 amide bonds. The van der Waals surface area contributed by atoms with E-state index in [0.29, 0.717) is 12.0 Å². The molecule has 2 aromatic heterocycles. The molecule has 0 N–H and O–H groups in total. The van der Waals surface area contributed by atoms with Gasteiger partial charge in [0.15, 0.2) is 0 Å². The first-order valence-electron chi connectivity index (χ1n) is 8.64. The van der Waals surface area contributed by atoms with E-state index in [4.69, 9.17) is 0 Å². The molecule has 2 aliphatic rings. The second kappa shape index (κ2) is 6.69. The van der Waals surface area contributed by atoms with Crippen molar-refractivity contribution in [2.75, 3.05) is 26.2 Å². The van der Waals surface area contributed by atoms with E-state index < -0.39 is 0 Å². The van der Waals surface area contributed by atoms with Crippen LogP contribution in [-0.4, -0.2) is 57.9 Å². The normalized spacial score (nSPS) is 19.9. The van der Waals surface area contributed by atoms with E-state index in [1.165, 1.54) is 5.56 Å². The summed E-state index contributed by atoms with van der Waals surface area (Å²) in [4.78, 5) is 25.1. The van der Waals surface area contributed by atoms with E-state index in [1.807, 2.05) is 17.3 Å². The second-order valence-electron chi connectivity index (χ2n) is 6.69. The first-order chi connectivity index (χ1) is 11.8. The first kappa shape index (κ1) is 15.3. The van der Waals surface area contributed by atoms with E-state index in [0.717, 1.165) is 44.6 Å². The van der Waals surface area contributed by atoms with Crippen molar-refractivity contribution >= 4 is 5.91 Å². The third-order valence-electron chi connectivity index (χ3n) is 5.28. The lowest BCUT2D eigenvalue weighted by molar-refractivity contribution is 0.0397. The van der Waals surface area contributed by atoms with Crippen molar-refractivity contribution in [2.45, 2.75) is 24.8 Å². The average Bonchev–Trinajstić information content (AvgIpc) is 2.62. The molecule has 2 aliphatic heterocycles. The van der Waals surface area contributed by atoms with E-state index in [2.05, 4.69) is 27.0 Å². The number of nitrogens with zero attached hydrogens (tertiary/aromatic N) is 4. The minimum atomic E-state index is 0.133. The van der Waals surface area contributed by atoms with Crippen LogP contribution >= 0.6 is 0 Å². The van der Waals surface area contributed by atoms with E-state index in [9.17, 15) is 4.79 Å². The number of pyridine rings is 2. The highest BCUT2D eigenvalue weighted by Gasteiger charge is 2.35. The molecular formula is C19H22N4O. The van der Waals surface area contributed by atoms with Gasteiger partial charge in [0.1, 0.15) is 0 Å². The van der Waals surface area contributed by atoms with Gasteiger partial charge in [0, 0.05) is 68.5 Å². The Morgan fingerprint density at radius 2 is 1.50 bits per heavy atom. The lowest BCUT2D eigenvalue weighted by atomic mass is 9.88. The average molecular weight is 322 g/mol. The highest BCUT2D eigenvalue weighted by molar-refractivity contribution is 5.94. The summed E-state index contributed by atoms with van der Waals surface area (Å²) in [6.07, 6.45) is 9.25. The molecule has 2 fully saturated rings. The summed E-state index contributed by atoms with van der Waals surface area (Å²) >= 11 is 0. The summed E-state index contributed by atoms with van der Waals surface area (Å²) in [5, 5.41) is 0. The molecule has 2 aromatic rings. The zero-order valence-corrected chi connectivity index (χ0v) is 13.7. The lowest BCUT2D eigenvalue weighted by Crippen LogP contribution is -2.54. The van der Waals surface area contributed by atoms with Crippen LogP contribution in [0.25, 0.3) is 0 Å². The fourth-order valence-corrected chi connectivity index (χ4v) is 3.77. The number of amides is 1. The number of hydrogen-bond acceptors (Lipinski definition) is 4. The number of piperidine rings is 1. The molecule has 4 rings (SSSR count). The predicted molar refractivity (Wildman–Crippen MR) is 91.7 cm³/mol. The summed E-state index contributed by atoms with van der Waals surface area (Å²) in [6, 6.07) is 8.45. The van der Waals surface area contributed by atoms with Crippen LogP contribution in [0, 0.1) is 0 Å². The smallest absolute Gasteiger partial charge is 0.253 e. The number of carbonyl (C=O) groups is 1. The predicted octanol–water partition coefficient (Wildman–Crippen LogP) is 2.18. The lowest BCUT2D eigenvalue weighted by Gasteiger charge is -2.47. The maximum Gasteiger partial charge on any atom is 0.253 e. The third kappa shape index (κ3) is 3.04. The number of likely N-dealkylation sites (tertiary alicyclic amines) is 2. The van der Waals surface area contributed by atoms with Gasteiger partial charge in [-0.2, -0.15) is 0 Å². The topological polar surface area (TPSA) is 49.3 Å². The Balaban J connectivity index is 1.28. The largest absolute Gasteiger partial charge is 0.339 e. The van der Waals surface area contributed by atoms with Crippen LogP contribution in [-0.2, 0) is 0 Å². The van der Waals surface area contributed by atoms with Gasteiger partial charge in [-0.3, -0.25) is 19.7 Å². The molecule has 2 saturated heterocycles. The van der Waals surface area contributed by atoms with Gasteiger partial charge >= 0.3 is 0 Å². The van der Waals surface area contributed by atoms with Crippen molar-refractivity contribution in [3.8, 4) is 0 Å². The number of rotatable bonds is 3. The van der Waals surface area contributed by atoms with Crippen molar-refractivity contribution in [1.82, 2.24) is 19.8 Å². The Kier molecular flexibility index (Phi) is 4.26. The van der Waals surface area contributed by atoms with Gasteiger partial charge in [-0.05, 0) is 42.7 Å². The quantitative estimate of drug-likeness (QED) is 0.869. The third-order valence-corrected chi connectivity index (χ3v) is 5.28. The van der Waals surface area contributed by atoms with Gasteiger partial charge in [-0.1, -0.05) is 0 Å². The van der Waals surface area contributed by atoms with Crippen LogP contribution in [0.2, 0.25) is 0 Å². The fraction of sp³-hybridized carbons (Fsp3) is 0.421. The summed E-state index contributed by atoms with van der Waals surface area (Å²) in [7, 11) is 0. The first-order valence-corrected chi connectivity index (χ1v) is 8.64. The molecule has 0 unspecified atom stereocenters. The number of aromatic nitrogens is 2. The zero-order chi connectivity index (χ0) is 16.4. The van der Waals surface area contributed by atoms with Gasteiger partial charge < -0.3 is 4.90 Å². The van der Waals surface area contributed by atoms with Gasteiger partial charge in [0.2, 0.25) is 0 Å². The summed E-state index contributed by atoms with van der Waals surface area (Å²) < 4.78 is 0.